The van der Waals surface area contributed by atoms with Crippen molar-refractivity contribution < 1.29 is 19.4 Å². The molecule has 0 fully saturated rings. The summed E-state index contributed by atoms with van der Waals surface area (Å²) >= 11 is 0. The summed E-state index contributed by atoms with van der Waals surface area (Å²) in [5.41, 5.74) is 2.91. The lowest BCUT2D eigenvalue weighted by molar-refractivity contribution is -0.129. The van der Waals surface area contributed by atoms with Gasteiger partial charge in [0.15, 0.2) is 11.5 Å². The van der Waals surface area contributed by atoms with Crippen LogP contribution in [0.4, 0.5) is 0 Å². The van der Waals surface area contributed by atoms with Gasteiger partial charge in [0, 0.05) is 6.04 Å². The minimum atomic E-state index is -0.502. The SMILES string of the molecule is CCOc1cc(C=NNC(=O)CC(=O)NC(C)C)ccc1O. The van der Waals surface area contributed by atoms with Gasteiger partial charge in [0.2, 0.25) is 11.8 Å². The number of nitrogens with zero attached hydrogens (tertiary/aromatic N) is 1. The van der Waals surface area contributed by atoms with E-state index in [1.807, 2.05) is 20.8 Å². The zero-order chi connectivity index (χ0) is 16.5. The first-order valence-electron chi connectivity index (χ1n) is 6.99. The minimum absolute atomic E-state index is 0.0159. The van der Waals surface area contributed by atoms with E-state index in [0.29, 0.717) is 17.9 Å². The molecule has 0 aliphatic heterocycles. The van der Waals surface area contributed by atoms with Crippen LogP contribution in [0.15, 0.2) is 23.3 Å². The lowest BCUT2D eigenvalue weighted by Gasteiger charge is -2.07. The van der Waals surface area contributed by atoms with Crippen molar-refractivity contribution in [1.82, 2.24) is 10.7 Å². The van der Waals surface area contributed by atoms with Crippen LogP contribution in [-0.4, -0.2) is 35.8 Å². The van der Waals surface area contributed by atoms with Crippen LogP contribution < -0.4 is 15.5 Å². The zero-order valence-corrected chi connectivity index (χ0v) is 12.9. The number of benzene rings is 1. The molecule has 0 spiro atoms. The van der Waals surface area contributed by atoms with Gasteiger partial charge in [-0.25, -0.2) is 5.43 Å². The number of hydrazone groups is 1. The highest BCUT2D eigenvalue weighted by Gasteiger charge is 2.09. The summed E-state index contributed by atoms with van der Waals surface area (Å²) < 4.78 is 5.24. The maximum absolute atomic E-state index is 11.5. The van der Waals surface area contributed by atoms with Gasteiger partial charge in [0.1, 0.15) is 6.42 Å². The molecule has 0 bridgehead atoms. The van der Waals surface area contributed by atoms with Gasteiger partial charge in [0.25, 0.3) is 0 Å². The molecule has 0 atom stereocenters. The Morgan fingerprint density at radius 3 is 2.73 bits per heavy atom. The Labute approximate surface area is 129 Å². The van der Waals surface area contributed by atoms with E-state index in [4.69, 9.17) is 4.74 Å². The van der Waals surface area contributed by atoms with Crippen molar-refractivity contribution in [2.45, 2.75) is 33.2 Å². The van der Waals surface area contributed by atoms with E-state index in [0.717, 1.165) is 0 Å². The Hall–Kier alpha value is -2.57. The number of rotatable bonds is 7. The number of phenolic OH excluding ortho intramolecular Hbond substituents is 1. The Bertz CT molecular complexity index is 556. The highest BCUT2D eigenvalue weighted by molar-refractivity contribution is 5.97. The van der Waals surface area contributed by atoms with Gasteiger partial charge in [-0.1, -0.05) is 0 Å². The molecule has 7 heteroatoms. The van der Waals surface area contributed by atoms with Crippen LogP contribution in [0, 0.1) is 0 Å². The van der Waals surface area contributed by atoms with Crippen molar-refractivity contribution in [3.63, 3.8) is 0 Å². The summed E-state index contributed by atoms with van der Waals surface area (Å²) in [4.78, 5) is 22.9. The van der Waals surface area contributed by atoms with E-state index >= 15 is 0 Å². The molecule has 1 aromatic carbocycles. The summed E-state index contributed by atoms with van der Waals surface area (Å²) in [7, 11) is 0. The number of aromatic hydroxyl groups is 1. The molecule has 3 N–H and O–H groups in total. The third-order valence-electron chi connectivity index (χ3n) is 2.46. The number of hydrogen-bond acceptors (Lipinski definition) is 5. The Balaban J connectivity index is 2.53. The van der Waals surface area contributed by atoms with Gasteiger partial charge in [-0.3, -0.25) is 9.59 Å². The molecule has 0 aliphatic rings. The summed E-state index contributed by atoms with van der Waals surface area (Å²) in [6.45, 7) is 5.86. The van der Waals surface area contributed by atoms with Crippen LogP contribution in [0.25, 0.3) is 0 Å². The third kappa shape index (κ3) is 6.25. The van der Waals surface area contributed by atoms with Gasteiger partial charge in [-0.2, -0.15) is 5.10 Å². The van der Waals surface area contributed by atoms with Crippen LogP contribution in [0.2, 0.25) is 0 Å². The largest absolute Gasteiger partial charge is 0.504 e. The fourth-order valence-corrected chi connectivity index (χ4v) is 1.62. The van der Waals surface area contributed by atoms with Gasteiger partial charge in [-0.15, -0.1) is 0 Å². The van der Waals surface area contributed by atoms with Crippen molar-refractivity contribution in [1.29, 1.82) is 0 Å². The van der Waals surface area contributed by atoms with Crippen LogP contribution in [0.3, 0.4) is 0 Å². The number of carbonyl (C=O) groups excluding carboxylic acids is 2. The first-order valence-corrected chi connectivity index (χ1v) is 6.99. The van der Waals surface area contributed by atoms with Gasteiger partial charge in [-0.05, 0) is 44.5 Å². The summed E-state index contributed by atoms with van der Waals surface area (Å²) in [5.74, 6) is -0.480. The molecule has 0 saturated carbocycles. The van der Waals surface area contributed by atoms with Crippen molar-refractivity contribution in [2.75, 3.05) is 6.61 Å². The smallest absolute Gasteiger partial charge is 0.249 e. The maximum atomic E-state index is 11.5. The molecule has 0 radical (unpaired) electrons. The summed E-state index contributed by atoms with van der Waals surface area (Å²) in [6, 6.07) is 4.68. The normalized spacial score (nSPS) is 10.7. The fraction of sp³-hybridized carbons (Fsp3) is 0.400. The predicted molar refractivity (Wildman–Crippen MR) is 82.9 cm³/mol. The summed E-state index contributed by atoms with van der Waals surface area (Å²) in [6.07, 6.45) is 1.12. The molecule has 7 nitrogen and oxygen atoms in total. The number of ether oxygens (including phenoxy) is 1. The first kappa shape index (κ1) is 17.5. The molecule has 0 saturated heterocycles. The molecule has 0 aromatic heterocycles. The molecule has 22 heavy (non-hydrogen) atoms. The highest BCUT2D eigenvalue weighted by atomic mass is 16.5. The second kappa shape index (κ2) is 8.66. The molecule has 0 heterocycles. The molecule has 0 unspecified atom stereocenters. The second-order valence-electron chi connectivity index (χ2n) is 4.85. The van der Waals surface area contributed by atoms with E-state index in [9.17, 15) is 14.7 Å². The van der Waals surface area contributed by atoms with Gasteiger partial charge >= 0.3 is 0 Å². The number of amides is 2. The van der Waals surface area contributed by atoms with Crippen LogP contribution >= 0.6 is 0 Å². The standard InChI is InChI=1S/C15H21N3O4/c1-4-22-13-7-11(5-6-12(13)19)9-16-18-15(21)8-14(20)17-10(2)3/h5-7,9-10,19H,4,8H2,1-3H3,(H,17,20)(H,18,21). The number of phenols is 1. The summed E-state index contributed by atoms with van der Waals surface area (Å²) in [5, 5.41) is 15.9. The second-order valence-corrected chi connectivity index (χ2v) is 4.85. The Kier molecular flexibility index (Phi) is 6.88. The molecular formula is C15H21N3O4. The predicted octanol–water partition coefficient (Wildman–Crippen LogP) is 1.16. The van der Waals surface area contributed by atoms with Gasteiger partial charge < -0.3 is 15.2 Å². The monoisotopic (exact) mass is 307 g/mol. The maximum Gasteiger partial charge on any atom is 0.249 e. The van der Waals surface area contributed by atoms with E-state index in [1.165, 1.54) is 12.3 Å². The minimum Gasteiger partial charge on any atom is -0.504 e. The first-order chi connectivity index (χ1) is 10.4. The number of carbonyl (C=O) groups is 2. The van der Waals surface area contributed by atoms with Crippen LogP contribution in [0.5, 0.6) is 11.5 Å². The molecule has 1 rings (SSSR count). The average molecular weight is 307 g/mol. The number of nitrogens with one attached hydrogen (secondary N) is 2. The molecule has 0 aliphatic carbocycles. The van der Waals surface area contributed by atoms with Crippen LogP contribution in [-0.2, 0) is 9.59 Å². The van der Waals surface area contributed by atoms with Crippen molar-refractivity contribution in [2.24, 2.45) is 5.10 Å². The Morgan fingerprint density at radius 2 is 2.09 bits per heavy atom. The van der Waals surface area contributed by atoms with Crippen molar-refractivity contribution in [3.8, 4) is 11.5 Å². The lowest BCUT2D eigenvalue weighted by atomic mass is 10.2. The quantitative estimate of drug-likeness (QED) is 0.400. The molecule has 2 amide bonds. The van der Waals surface area contributed by atoms with E-state index in [-0.39, 0.29) is 24.1 Å². The van der Waals surface area contributed by atoms with E-state index in [2.05, 4.69) is 15.8 Å². The topological polar surface area (TPSA) is 100 Å². The lowest BCUT2D eigenvalue weighted by Crippen LogP contribution is -2.34. The zero-order valence-electron chi connectivity index (χ0n) is 12.9. The Morgan fingerprint density at radius 1 is 1.36 bits per heavy atom. The highest BCUT2D eigenvalue weighted by Crippen LogP contribution is 2.26. The third-order valence-corrected chi connectivity index (χ3v) is 2.46. The molecular weight excluding hydrogens is 286 g/mol. The van der Waals surface area contributed by atoms with Gasteiger partial charge in [0.05, 0.1) is 12.8 Å². The van der Waals surface area contributed by atoms with E-state index < -0.39 is 5.91 Å². The molecule has 1 aromatic rings. The molecule has 120 valence electrons. The average Bonchev–Trinajstić information content (AvgIpc) is 2.41. The van der Waals surface area contributed by atoms with Crippen LogP contribution in [0.1, 0.15) is 32.8 Å². The van der Waals surface area contributed by atoms with Crippen molar-refractivity contribution in [3.05, 3.63) is 23.8 Å². The van der Waals surface area contributed by atoms with E-state index in [1.54, 1.807) is 12.1 Å². The van der Waals surface area contributed by atoms with Crippen molar-refractivity contribution >= 4 is 18.0 Å². The number of hydrogen-bond donors (Lipinski definition) is 3. The fourth-order valence-electron chi connectivity index (χ4n) is 1.62.